The third kappa shape index (κ3) is 4.57. The second-order valence-electron chi connectivity index (χ2n) is 6.63. The second-order valence-corrected chi connectivity index (χ2v) is 8.14. The summed E-state index contributed by atoms with van der Waals surface area (Å²) in [6.07, 6.45) is 13.9. The number of nitrogens with one attached hydrogen (secondary N) is 2. The molecule has 1 aliphatic carbocycles. The number of anilines is 1. The number of thiocarbonyl (C=S) groups is 1. The van der Waals surface area contributed by atoms with Gasteiger partial charge in [-0.2, -0.15) is 0 Å². The molecule has 2 N–H and O–H groups in total. The van der Waals surface area contributed by atoms with Crippen LogP contribution in [0.15, 0.2) is 0 Å². The highest BCUT2D eigenvalue weighted by atomic mass is 32.1. The minimum absolute atomic E-state index is 0.303. The topological polar surface area (TPSA) is 50.4 Å². The van der Waals surface area contributed by atoms with Gasteiger partial charge >= 0.3 is 5.97 Å². The van der Waals surface area contributed by atoms with E-state index in [2.05, 4.69) is 16.6 Å². The molecule has 142 valence electrons. The summed E-state index contributed by atoms with van der Waals surface area (Å²) in [5.41, 5.74) is 1.29. The van der Waals surface area contributed by atoms with Crippen LogP contribution in [0, 0.1) is 12.3 Å². The fourth-order valence-corrected chi connectivity index (χ4v) is 4.99. The lowest BCUT2D eigenvalue weighted by molar-refractivity contribution is 0.0601. The van der Waals surface area contributed by atoms with Crippen molar-refractivity contribution in [3.05, 3.63) is 16.0 Å². The molecule has 4 nitrogen and oxygen atoms in total. The minimum Gasteiger partial charge on any atom is -0.465 e. The van der Waals surface area contributed by atoms with E-state index in [0.717, 1.165) is 49.1 Å². The average molecular weight is 393 g/mol. The molecular formula is C20H28N2O2S2. The summed E-state index contributed by atoms with van der Waals surface area (Å²) < 4.78 is 5.05. The number of carbonyl (C=O) groups is 1. The Morgan fingerprint density at radius 3 is 2.50 bits per heavy atom. The molecule has 1 aromatic heterocycles. The lowest BCUT2D eigenvalue weighted by Gasteiger charge is -2.28. The van der Waals surface area contributed by atoms with Crippen LogP contribution in [0.3, 0.4) is 0 Å². The van der Waals surface area contributed by atoms with E-state index in [0.29, 0.717) is 10.7 Å². The van der Waals surface area contributed by atoms with Crippen molar-refractivity contribution in [1.82, 2.24) is 5.32 Å². The molecule has 0 amide bonds. The van der Waals surface area contributed by atoms with Gasteiger partial charge in [0.05, 0.1) is 18.2 Å². The van der Waals surface area contributed by atoms with E-state index in [1.807, 2.05) is 13.8 Å². The number of terminal acetylenes is 1. The van der Waals surface area contributed by atoms with Gasteiger partial charge in [-0.25, -0.2) is 4.79 Å². The first-order valence-electron chi connectivity index (χ1n) is 9.30. The number of aryl methyl sites for hydroxylation is 1. The van der Waals surface area contributed by atoms with Crippen molar-refractivity contribution in [1.29, 1.82) is 0 Å². The Morgan fingerprint density at radius 2 is 1.92 bits per heavy atom. The van der Waals surface area contributed by atoms with Crippen LogP contribution in [-0.2, 0) is 17.6 Å². The Morgan fingerprint density at radius 1 is 1.27 bits per heavy atom. The highest BCUT2D eigenvalue weighted by Crippen LogP contribution is 2.37. The van der Waals surface area contributed by atoms with Crippen molar-refractivity contribution < 1.29 is 9.53 Å². The number of hydrogen-bond donors (Lipinski definition) is 2. The van der Waals surface area contributed by atoms with Crippen molar-refractivity contribution in [2.24, 2.45) is 0 Å². The van der Waals surface area contributed by atoms with Gasteiger partial charge in [0.1, 0.15) is 5.00 Å². The zero-order valence-electron chi connectivity index (χ0n) is 15.9. The Bertz CT molecular complexity index is 699. The van der Waals surface area contributed by atoms with Crippen LogP contribution >= 0.6 is 23.6 Å². The third-order valence-corrected chi connectivity index (χ3v) is 6.54. The summed E-state index contributed by atoms with van der Waals surface area (Å²) in [5.74, 6) is 2.52. The highest BCUT2D eigenvalue weighted by molar-refractivity contribution is 7.80. The molecule has 0 spiro atoms. The highest BCUT2D eigenvalue weighted by Gasteiger charge is 2.27. The first-order valence-corrected chi connectivity index (χ1v) is 10.5. The molecule has 0 atom stereocenters. The molecular weight excluding hydrogens is 364 g/mol. The van der Waals surface area contributed by atoms with E-state index < -0.39 is 5.54 Å². The van der Waals surface area contributed by atoms with E-state index in [4.69, 9.17) is 23.4 Å². The molecule has 6 heteroatoms. The molecule has 26 heavy (non-hydrogen) atoms. The van der Waals surface area contributed by atoms with Gasteiger partial charge in [0.15, 0.2) is 5.11 Å². The Balaban J connectivity index is 2.30. The lowest BCUT2D eigenvalue weighted by atomic mass is 9.94. The van der Waals surface area contributed by atoms with Crippen molar-refractivity contribution >= 4 is 39.6 Å². The largest absolute Gasteiger partial charge is 0.465 e. The number of fused-ring (bicyclic) bond motifs is 1. The van der Waals surface area contributed by atoms with Crippen LogP contribution in [0.2, 0.25) is 0 Å². The van der Waals surface area contributed by atoms with Gasteiger partial charge in [-0.1, -0.05) is 32.6 Å². The van der Waals surface area contributed by atoms with Crippen molar-refractivity contribution in [3.63, 3.8) is 0 Å². The van der Waals surface area contributed by atoms with Crippen LogP contribution in [0.1, 0.15) is 73.2 Å². The molecule has 0 bridgehead atoms. The van der Waals surface area contributed by atoms with Crippen molar-refractivity contribution in [3.8, 4) is 12.3 Å². The van der Waals surface area contributed by atoms with Crippen LogP contribution in [-0.4, -0.2) is 23.7 Å². The van der Waals surface area contributed by atoms with Gasteiger partial charge in [0.2, 0.25) is 0 Å². The zero-order chi connectivity index (χ0) is 19.2. The summed E-state index contributed by atoms with van der Waals surface area (Å²) in [6.45, 7) is 4.07. The smallest absolute Gasteiger partial charge is 0.341 e. The van der Waals surface area contributed by atoms with E-state index in [-0.39, 0.29) is 5.97 Å². The number of hydrogen-bond acceptors (Lipinski definition) is 4. The van der Waals surface area contributed by atoms with E-state index in [9.17, 15) is 4.79 Å². The first kappa shape index (κ1) is 20.7. The van der Waals surface area contributed by atoms with Gasteiger partial charge in [-0.15, -0.1) is 17.8 Å². The molecule has 1 heterocycles. The summed E-state index contributed by atoms with van der Waals surface area (Å²) in [6, 6.07) is 0. The zero-order valence-corrected chi connectivity index (χ0v) is 17.5. The van der Waals surface area contributed by atoms with E-state index in [1.54, 1.807) is 11.3 Å². The average Bonchev–Trinajstić information content (AvgIpc) is 2.95. The van der Waals surface area contributed by atoms with Crippen LogP contribution < -0.4 is 10.6 Å². The Hall–Kier alpha value is -1.58. The summed E-state index contributed by atoms with van der Waals surface area (Å²) in [7, 11) is 1.42. The normalized spacial score (nSPS) is 14.4. The second kappa shape index (κ2) is 9.38. The third-order valence-electron chi connectivity index (χ3n) is 5.12. The van der Waals surface area contributed by atoms with E-state index in [1.165, 1.54) is 24.8 Å². The standard InChI is InChI=1S/C20H28N2O2S2/c1-5-20(6-2,7-3)22-19(25)21-17-16(18(23)24-4)14-12-10-8-9-11-13-15(14)26-17/h1H,6-13H2,2-4H3,(H2,21,22,25). The number of esters is 1. The maximum Gasteiger partial charge on any atom is 0.341 e. The SMILES string of the molecule is C#CC(CC)(CC)NC(=S)Nc1sc2c(c1C(=O)OC)CCCCCC2. The Kier molecular flexibility index (Phi) is 7.48. The maximum absolute atomic E-state index is 12.4. The van der Waals surface area contributed by atoms with Gasteiger partial charge in [-0.05, 0) is 56.3 Å². The fourth-order valence-electron chi connectivity index (χ4n) is 3.34. The monoisotopic (exact) mass is 392 g/mol. The molecule has 1 aliphatic rings. The summed E-state index contributed by atoms with van der Waals surface area (Å²) in [4.78, 5) is 13.7. The predicted molar refractivity (Wildman–Crippen MR) is 113 cm³/mol. The Labute approximate surface area is 166 Å². The van der Waals surface area contributed by atoms with Crippen molar-refractivity contribution in [2.75, 3.05) is 12.4 Å². The molecule has 0 aromatic carbocycles. The fraction of sp³-hybridized carbons (Fsp3) is 0.600. The lowest BCUT2D eigenvalue weighted by Crippen LogP contribution is -2.48. The molecule has 2 rings (SSSR count). The van der Waals surface area contributed by atoms with Crippen LogP contribution in [0.5, 0.6) is 0 Å². The summed E-state index contributed by atoms with van der Waals surface area (Å²) in [5, 5.41) is 7.69. The number of thiophene rings is 1. The van der Waals surface area contributed by atoms with Crippen LogP contribution in [0.4, 0.5) is 5.00 Å². The van der Waals surface area contributed by atoms with Gasteiger partial charge in [-0.3, -0.25) is 0 Å². The molecule has 0 fully saturated rings. The van der Waals surface area contributed by atoms with Crippen molar-refractivity contribution in [2.45, 2.75) is 70.8 Å². The van der Waals surface area contributed by atoms with Crippen LogP contribution in [0.25, 0.3) is 0 Å². The van der Waals surface area contributed by atoms with E-state index >= 15 is 0 Å². The molecule has 0 radical (unpaired) electrons. The number of carbonyl (C=O) groups excluding carboxylic acids is 1. The molecule has 0 unspecified atom stereocenters. The molecule has 0 saturated heterocycles. The summed E-state index contributed by atoms with van der Waals surface area (Å²) >= 11 is 7.11. The van der Waals surface area contributed by atoms with Gasteiger partial charge < -0.3 is 15.4 Å². The molecule has 0 aliphatic heterocycles. The minimum atomic E-state index is -0.471. The number of rotatable bonds is 5. The maximum atomic E-state index is 12.4. The predicted octanol–water partition coefficient (Wildman–Crippen LogP) is 4.67. The molecule has 0 saturated carbocycles. The first-order chi connectivity index (χ1) is 12.5. The number of ether oxygens (including phenoxy) is 1. The number of methoxy groups -OCH3 is 1. The van der Waals surface area contributed by atoms with Gasteiger partial charge in [0.25, 0.3) is 0 Å². The van der Waals surface area contributed by atoms with Gasteiger partial charge in [0, 0.05) is 4.88 Å². The quantitative estimate of drug-likeness (QED) is 0.433. The molecule has 1 aromatic rings.